The molecule has 1 heterocycles. The fraction of sp³-hybridized carbons (Fsp3) is 0.250. The van der Waals surface area contributed by atoms with Gasteiger partial charge >= 0.3 is 0 Å². The monoisotopic (exact) mass is 280 g/mol. The lowest BCUT2D eigenvalue weighted by Gasteiger charge is -2.10. The van der Waals surface area contributed by atoms with E-state index in [1.807, 2.05) is 26.2 Å². The summed E-state index contributed by atoms with van der Waals surface area (Å²) in [5.41, 5.74) is 1.20. The highest BCUT2D eigenvalue weighted by Gasteiger charge is 2.08. The molecule has 94 valence electrons. The first kappa shape index (κ1) is 13.1. The molecule has 0 fully saturated rings. The van der Waals surface area contributed by atoms with E-state index < -0.39 is 0 Å². The lowest BCUT2D eigenvalue weighted by Crippen LogP contribution is -2.13. The largest absolute Gasteiger partial charge is 0.347 e. The number of aryl methyl sites for hydroxylation is 1. The van der Waals surface area contributed by atoms with Crippen LogP contribution in [0.25, 0.3) is 0 Å². The van der Waals surface area contributed by atoms with Crippen LogP contribution in [0.15, 0.2) is 34.3 Å². The number of aromatic nitrogens is 3. The van der Waals surface area contributed by atoms with Crippen LogP contribution >= 0.6 is 23.4 Å². The minimum atomic E-state index is 0.212. The molecule has 0 aliphatic carbocycles. The van der Waals surface area contributed by atoms with Gasteiger partial charge in [-0.05, 0) is 42.4 Å². The van der Waals surface area contributed by atoms with Gasteiger partial charge in [-0.15, -0.1) is 0 Å². The van der Waals surface area contributed by atoms with Gasteiger partial charge in [0.25, 0.3) is 0 Å². The van der Waals surface area contributed by atoms with Gasteiger partial charge in [0, 0.05) is 19.0 Å². The minimum Gasteiger partial charge on any atom is -0.347 e. The lowest BCUT2D eigenvalue weighted by atomic mass is 10.2. The molecule has 4 nitrogen and oxygen atoms in total. The van der Waals surface area contributed by atoms with Gasteiger partial charge in [-0.2, -0.15) is 15.0 Å². The van der Waals surface area contributed by atoms with Crippen molar-refractivity contribution < 1.29 is 0 Å². The first-order valence-corrected chi connectivity index (χ1v) is 6.57. The van der Waals surface area contributed by atoms with E-state index in [1.165, 1.54) is 17.3 Å². The molecule has 0 unspecified atom stereocenters. The third-order valence-corrected chi connectivity index (χ3v) is 3.20. The minimum absolute atomic E-state index is 0.212. The summed E-state index contributed by atoms with van der Waals surface area (Å²) in [6, 6.07) is 8.16. The number of rotatable bonds is 3. The highest BCUT2D eigenvalue weighted by Crippen LogP contribution is 2.26. The summed E-state index contributed by atoms with van der Waals surface area (Å²) in [4.78, 5) is 15.4. The SMILES string of the molecule is Cc1cccc(Sc2nc(Cl)nc(N(C)C)n2)c1. The predicted molar refractivity (Wildman–Crippen MR) is 74.5 cm³/mol. The zero-order chi connectivity index (χ0) is 13.1. The summed E-state index contributed by atoms with van der Waals surface area (Å²) < 4.78 is 0. The van der Waals surface area contributed by atoms with Crippen molar-refractivity contribution in [3.63, 3.8) is 0 Å². The van der Waals surface area contributed by atoms with Gasteiger partial charge < -0.3 is 4.90 Å². The van der Waals surface area contributed by atoms with Crippen molar-refractivity contribution in [2.24, 2.45) is 0 Å². The number of anilines is 1. The lowest BCUT2D eigenvalue weighted by molar-refractivity contribution is 0.865. The van der Waals surface area contributed by atoms with Crippen molar-refractivity contribution in [3.8, 4) is 0 Å². The van der Waals surface area contributed by atoms with Crippen LogP contribution in [0.2, 0.25) is 5.28 Å². The topological polar surface area (TPSA) is 41.9 Å². The van der Waals surface area contributed by atoms with Crippen LogP contribution in [0.1, 0.15) is 5.56 Å². The maximum atomic E-state index is 5.89. The van der Waals surface area contributed by atoms with Crippen LogP contribution in [0.5, 0.6) is 0 Å². The van der Waals surface area contributed by atoms with Gasteiger partial charge in [0.2, 0.25) is 11.2 Å². The molecule has 0 N–H and O–H groups in total. The molecule has 0 bridgehead atoms. The molecule has 0 radical (unpaired) electrons. The maximum Gasteiger partial charge on any atom is 0.230 e. The van der Waals surface area contributed by atoms with Crippen molar-refractivity contribution in [1.82, 2.24) is 15.0 Å². The zero-order valence-electron chi connectivity index (χ0n) is 10.4. The molecule has 2 aromatic rings. The average Bonchev–Trinajstić information content (AvgIpc) is 2.28. The fourth-order valence-corrected chi connectivity index (χ4v) is 2.42. The van der Waals surface area contributed by atoms with E-state index in [0.717, 1.165) is 4.90 Å². The molecule has 0 aliphatic heterocycles. The van der Waals surface area contributed by atoms with Gasteiger partial charge in [-0.25, -0.2) is 0 Å². The van der Waals surface area contributed by atoms with Gasteiger partial charge in [0.05, 0.1) is 0 Å². The molecule has 1 aromatic carbocycles. The zero-order valence-corrected chi connectivity index (χ0v) is 12.0. The fourth-order valence-electron chi connectivity index (χ4n) is 1.35. The molecule has 0 saturated heterocycles. The van der Waals surface area contributed by atoms with Crippen molar-refractivity contribution in [1.29, 1.82) is 0 Å². The normalized spacial score (nSPS) is 10.4. The van der Waals surface area contributed by atoms with E-state index in [4.69, 9.17) is 11.6 Å². The number of nitrogens with zero attached hydrogens (tertiary/aromatic N) is 4. The van der Waals surface area contributed by atoms with Crippen molar-refractivity contribution in [2.45, 2.75) is 17.0 Å². The third kappa shape index (κ3) is 3.34. The van der Waals surface area contributed by atoms with E-state index in [9.17, 15) is 0 Å². The molecule has 1 aromatic heterocycles. The first-order chi connectivity index (χ1) is 8.54. The van der Waals surface area contributed by atoms with Crippen LogP contribution in [-0.2, 0) is 0 Å². The molecular weight excluding hydrogens is 268 g/mol. The molecule has 0 amide bonds. The highest BCUT2D eigenvalue weighted by molar-refractivity contribution is 7.99. The first-order valence-electron chi connectivity index (χ1n) is 5.38. The second-order valence-electron chi connectivity index (χ2n) is 4.00. The summed E-state index contributed by atoms with van der Waals surface area (Å²) in [7, 11) is 3.74. The van der Waals surface area contributed by atoms with E-state index in [2.05, 4.69) is 34.0 Å². The number of halogens is 1. The summed E-state index contributed by atoms with van der Waals surface area (Å²) in [6.07, 6.45) is 0. The average molecular weight is 281 g/mol. The van der Waals surface area contributed by atoms with Crippen LogP contribution in [-0.4, -0.2) is 29.0 Å². The Bertz CT molecular complexity index is 560. The summed E-state index contributed by atoms with van der Waals surface area (Å²) >= 11 is 7.36. The van der Waals surface area contributed by atoms with Crippen LogP contribution in [0, 0.1) is 6.92 Å². The molecule has 0 saturated carbocycles. The molecule has 0 aliphatic rings. The molecule has 0 atom stereocenters. The van der Waals surface area contributed by atoms with Gasteiger partial charge in [-0.1, -0.05) is 17.7 Å². The Morgan fingerprint density at radius 3 is 2.61 bits per heavy atom. The van der Waals surface area contributed by atoms with E-state index in [-0.39, 0.29) is 5.28 Å². The summed E-state index contributed by atoms with van der Waals surface area (Å²) in [6.45, 7) is 2.05. The maximum absolute atomic E-state index is 5.89. The van der Waals surface area contributed by atoms with Crippen LogP contribution in [0.3, 0.4) is 0 Å². The molecule has 18 heavy (non-hydrogen) atoms. The Morgan fingerprint density at radius 1 is 1.17 bits per heavy atom. The third-order valence-electron chi connectivity index (χ3n) is 2.17. The van der Waals surface area contributed by atoms with E-state index in [1.54, 1.807) is 4.90 Å². The second kappa shape index (κ2) is 5.54. The Balaban J connectivity index is 2.29. The van der Waals surface area contributed by atoms with Crippen molar-refractivity contribution in [2.75, 3.05) is 19.0 Å². The predicted octanol–water partition coefficient (Wildman–Crippen LogP) is 3.05. The molecule has 2 rings (SSSR count). The number of hydrogen-bond acceptors (Lipinski definition) is 5. The molecule has 0 spiro atoms. The van der Waals surface area contributed by atoms with E-state index >= 15 is 0 Å². The quantitative estimate of drug-likeness (QED) is 0.864. The number of hydrogen-bond donors (Lipinski definition) is 0. The molecule has 6 heteroatoms. The Labute approximate surface area is 115 Å². The van der Waals surface area contributed by atoms with Crippen molar-refractivity contribution in [3.05, 3.63) is 35.1 Å². The van der Waals surface area contributed by atoms with Gasteiger partial charge in [-0.3, -0.25) is 0 Å². The van der Waals surface area contributed by atoms with Gasteiger partial charge in [0.15, 0.2) is 5.16 Å². The van der Waals surface area contributed by atoms with Gasteiger partial charge in [0.1, 0.15) is 0 Å². The smallest absolute Gasteiger partial charge is 0.230 e. The summed E-state index contributed by atoms with van der Waals surface area (Å²) in [5.74, 6) is 0.560. The Kier molecular flexibility index (Phi) is 4.04. The summed E-state index contributed by atoms with van der Waals surface area (Å²) in [5, 5.41) is 0.813. The number of benzene rings is 1. The highest BCUT2D eigenvalue weighted by atomic mass is 35.5. The Hall–Kier alpha value is -1.33. The second-order valence-corrected chi connectivity index (χ2v) is 5.38. The molecular formula is C12H13ClN4S. The Morgan fingerprint density at radius 2 is 1.94 bits per heavy atom. The van der Waals surface area contributed by atoms with Crippen molar-refractivity contribution >= 4 is 29.3 Å². The van der Waals surface area contributed by atoms with Crippen LogP contribution < -0.4 is 4.90 Å². The van der Waals surface area contributed by atoms with Crippen LogP contribution in [0.4, 0.5) is 5.95 Å². The standard InChI is InChI=1S/C12H13ClN4S/c1-8-5-4-6-9(7-8)18-12-15-10(13)14-11(16-12)17(2)3/h4-7H,1-3H3. The van der Waals surface area contributed by atoms with E-state index in [0.29, 0.717) is 11.1 Å².